The zero-order valence-corrected chi connectivity index (χ0v) is 24.1. The van der Waals surface area contributed by atoms with Gasteiger partial charge in [-0.25, -0.2) is 8.42 Å². The van der Waals surface area contributed by atoms with Crippen molar-refractivity contribution < 1.29 is 27.5 Å². The van der Waals surface area contributed by atoms with E-state index < -0.39 is 16.1 Å². The van der Waals surface area contributed by atoms with Gasteiger partial charge in [0.15, 0.2) is 0 Å². The highest BCUT2D eigenvalue weighted by molar-refractivity contribution is 7.92. The summed E-state index contributed by atoms with van der Waals surface area (Å²) in [5, 5.41) is 2.95. The van der Waals surface area contributed by atoms with Crippen molar-refractivity contribution in [1.82, 2.24) is 10.2 Å². The van der Waals surface area contributed by atoms with Gasteiger partial charge in [0.2, 0.25) is 21.8 Å². The van der Waals surface area contributed by atoms with Gasteiger partial charge < -0.3 is 19.7 Å². The minimum Gasteiger partial charge on any atom is -0.497 e. The topological polar surface area (TPSA) is 105 Å². The van der Waals surface area contributed by atoms with E-state index in [2.05, 4.69) is 5.32 Å². The number of methoxy groups -OCH3 is 2. The van der Waals surface area contributed by atoms with Crippen molar-refractivity contribution in [1.29, 1.82) is 0 Å². The minimum atomic E-state index is -3.62. The summed E-state index contributed by atoms with van der Waals surface area (Å²) in [5.41, 5.74) is 1.28. The van der Waals surface area contributed by atoms with Crippen LogP contribution >= 0.6 is 0 Å². The molecule has 2 aromatic rings. The quantitative estimate of drug-likeness (QED) is 0.363. The molecule has 2 amide bonds. The summed E-state index contributed by atoms with van der Waals surface area (Å²) in [5.74, 6) is 0.985. The largest absolute Gasteiger partial charge is 0.497 e. The molecule has 0 heterocycles. The third-order valence-electron chi connectivity index (χ3n) is 6.09. The average molecular weight is 548 g/mol. The molecule has 0 fully saturated rings. The summed E-state index contributed by atoms with van der Waals surface area (Å²) in [6.07, 6.45) is 1.92. The molecule has 0 bridgehead atoms. The van der Waals surface area contributed by atoms with Crippen LogP contribution in [-0.2, 0) is 26.2 Å². The number of nitrogens with one attached hydrogen (secondary N) is 1. The van der Waals surface area contributed by atoms with Crippen LogP contribution in [0.5, 0.6) is 11.5 Å². The highest BCUT2D eigenvalue weighted by Gasteiger charge is 2.29. The molecule has 210 valence electrons. The van der Waals surface area contributed by atoms with Crippen LogP contribution in [0.15, 0.2) is 48.5 Å². The number of amides is 2. The van der Waals surface area contributed by atoms with E-state index in [1.807, 2.05) is 45.0 Å². The van der Waals surface area contributed by atoms with Gasteiger partial charge in [-0.15, -0.1) is 0 Å². The molecule has 0 unspecified atom stereocenters. The lowest BCUT2D eigenvalue weighted by atomic mass is 10.1. The Kier molecular flexibility index (Phi) is 11.9. The average Bonchev–Trinajstić information content (AvgIpc) is 2.89. The molecule has 1 atom stereocenters. The van der Waals surface area contributed by atoms with Gasteiger partial charge in [0, 0.05) is 26.1 Å². The van der Waals surface area contributed by atoms with Gasteiger partial charge in [-0.05, 0) is 48.6 Å². The molecule has 2 rings (SSSR count). The molecule has 2 aromatic carbocycles. The highest BCUT2D eigenvalue weighted by atomic mass is 32.2. The number of benzene rings is 2. The summed E-state index contributed by atoms with van der Waals surface area (Å²) in [4.78, 5) is 28.2. The smallest absolute Gasteiger partial charge is 0.242 e. The van der Waals surface area contributed by atoms with Crippen LogP contribution in [0.2, 0.25) is 0 Å². The van der Waals surface area contributed by atoms with Gasteiger partial charge in [-0.3, -0.25) is 13.9 Å². The Morgan fingerprint density at radius 3 is 2.21 bits per heavy atom. The van der Waals surface area contributed by atoms with Gasteiger partial charge in [0.05, 0.1) is 26.2 Å². The van der Waals surface area contributed by atoms with Gasteiger partial charge >= 0.3 is 0 Å². The van der Waals surface area contributed by atoms with E-state index in [9.17, 15) is 18.0 Å². The van der Waals surface area contributed by atoms with E-state index >= 15 is 0 Å². The molecule has 10 heteroatoms. The highest BCUT2D eigenvalue weighted by Crippen LogP contribution is 2.30. The summed E-state index contributed by atoms with van der Waals surface area (Å²) < 4.78 is 37.0. The fourth-order valence-electron chi connectivity index (χ4n) is 4.09. The van der Waals surface area contributed by atoms with Crippen molar-refractivity contribution in [2.75, 3.05) is 37.9 Å². The fraction of sp³-hybridized carbons (Fsp3) is 0.500. The van der Waals surface area contributed by atoms with Gasteiger partial charge in [-0.2, -0.15) is 0 Å². The van der Waals surface area contributed by atoms with E-state index in [0.29, 0.717) is 30.2 Å². The normalized spacial score (nSPS) is 12.1. The van der Waals surface area contributed by atoms with Crippen molar-refractivity contribution >= 4 is 27.5 Å². The van der Waals surface area contributed by atoms with Crippen LogP contribution in [-0.4, -0.2) is 64.7 Å². The first kappa shape index (κ1) is 31.0. The Balaban J connectivity index is 2.24. The molecule has 0 aliphatic carbocycles. The van der Waals surface area contributed by atoms with Crippen LogP contribution in [0.3, 0.4) is 0 Å². The monoisotopic (exact) mass is 547 g/mol. The SMILES string of the molecule is CC[C@@H](C(=O)NCC(C)C)N(Cc1ccc(OC)cc1)C(=O)CCCN(c1ccccc1OC)S(C)(=O)=O. The third-order valence-corrected chi connectivity index (χ3v) is 7.27. The van der Waals surface area contributed by atoms with E-state index in [4.69, 9.17) is 9.47 Å². The first-order valence-electron chi connectivity index (χ1n) is 12.8. The van der Waals surface area contributed by atoms with Gasteiger partial charge in [0.25, 0.3) is 0 Å². The van der Waals surface area contributed by atoms with Crippen LogP contribution in [0.4, 0.5) is 5.69 Å². The summed E-state index contributed by atoms with van der Waals surface area (Å²) in [6, 6.07) is 13.6. The predicted molar refractivity (Wildman–Crippen MR) is 150 cm³/mol. The maximum absolute atomic E-state index is 13.5. The number of rotatable bonds is 15. The molecular weight excluding hydrogens is 506 g/mol. The first-order valence-corrected chi connectivity index (χ1v) is 14.7. The molecule has 0 spiro atoms. The van der Waals surface area contributed by atoms with E-state index in [1.54, 1.807) is 36.3 Å². The lowest BCUT2D eigenvalue weighted by Crippen LogP contribution is -2.49. The van der Waals surface area contributed by atoms with Crippen LogP contribution in [0, 0.1) is 5.92 Å². The fourth-order valence-corrected chi connectivity index (χ4v) is 5.06. The van der Waals surface area contributed by atoms with Crippen LogP contribution < -0.4 is 19.1 Å². The second-order valence-electron chi connectivity index (χ2n) is 9.54. The standard InChI is InChI=1S/C28H41N3O6S/c1-7-24(28(33)29-19-21(2)3)30(20-22-14-16-23(36-4)17-15-22)27(32)13-10-18-31(38(6,34)35)25-11-8-9-12-26(25)37-5/h8-9,11-12,14-17,21,24H,7,10,13,18-20H2,1-6H3,(H,29,33)/t24-/m0/s1. The first-order chi connectivity index (χ1) is 18.0. The van der Waals surface area contributed by atoms with Gasteiger partial charge in [0.1, 0.15) is 17.5 Å². The summed E-state index contributed by atoms with van der Waals surface area (Å²) >= 11 is 0. The number of nitrogens with zero attached hydrogens (tertiary/aromatic N) is 2. The molecule has 38 heavy (non-hydrogen) atoms. The zero-order valence-electron chi connectivity index (χ0n) is 23.3. The number of hydrogen-bond donors (Lipinski definition) is 1. The predicted octanol–water partition coefficient (Wildman–Crippen LogP) is 3.83. The third kappa shape index (κ3) is 8.93. The lowest BCUT2D eigenvalue weighted by molar-refractivity contribution is -0.141. The van der Waals surface area contributed by atoms with Crippen LogP contribution in [0.25, 0.3) is 0 Å². The second-order valence-corrected chi connectivity index (χ2v) is 11.5. The van der Waals surface area contributed by atoms with Crippen molar-refractivity contribution in [3.8, 4) is 11.5 Å². The van der Waals surface area contributed by atoms with E-state index in [1.165, 1.54) is 11.4 Å². The van der Waals surface area contributed by atoms with E-state index in [0.717, 1.165) is 11.8 Å². The maximum Gasteiger partial charge on any atom is 0.242 e. The number of carbonyl (C=O) groups is 2. The van der Waals surface area contributed by atoms with Crippen molar-refractivity contribution in [2.24, 2.45) is 5.92 Å². The molecule has 0 aliphatic heterocycles. The van der Waals surface area contributed by atoms with Crippen molar-refractivity contribution in [3.05, 3.63) is 54.1 Å². The molecule has 9 nitrogen and oxygen atoms in total. The number of hydrogen-bond acceptors (Lipinski definition) is 6. The number of ether oxygens (including phenoxy) is 2. The van der Waals surface area contributed by atoms with Gasteiger partial charge in [-0.1, -0.05) is 45.0 Å². The Labute approximate surface area is 227 Å². The molecule has 0 aromatic heterocycles. The zero-order chi connectivity index (χ0) is 28.3. The number of anilines is 1. The molecule has 0 saturated carbocycles. The Morgan fingerprint density at radius 1 is 1.00 bits per heavy atom. The molecule has 1 N–H and O–H groups in total. The maximum atomic E-state index is 13.5. The molecular formula is C28H41N3O6S. The number of sulfonamides is 1. The second kappa shape index (κ2) is 14.6. The lowest BCUT2D eigenvalue weighted by Gasteiger charge is -2.31. The number of carbonyl (C=O) groups excluding carboxylic acids is 2. The Hall–Kier alpha value is -3.27. The Bertz CT molecular complexity index is 1150. The van der Waals surface area contributed by atoms with Crippen molar-refractivity contribution in [2.45, 2.75) is 52.6 Å². The Morgan fingerprint density at radius 2 is 1.66 bits per heavy atom. The molecule has 0 radical (unpaired) electrons. The van der Waals surface area contributed by atoms with E-state index in [-0.39, 0.29) is 43.7 Å². The summed E-state index contributed by atoms with van der Waals surface area (Å²) in [7, 11) is -0.555. The van der Waals surface area contributed by atoms with Crippen LogP contribution in [0.1, 0.15) is 45.6 Å². The summed E-state index contributed by atoms with van der Waals surface area (Å²) in [6.45, 7) is 6.76. The minimum absolute atomic E-state index is 0.0747. The number of para-hydroxylation sites is 2. The molecule has 0 aliphatic rings. The molecule has 0 saturated heterocycles. The van der Waals surface area contributed by atoms with Crippen molar-refractivity contribution in [3.63, 3.8) is 0 Å².